The Morgan fingerprint density at radius 3 is 2.38 bits per heavy atom. The molecule has 1 aromatic rings. The molecule has 0 bridgehead atoms. The molecule has 0 amide bonds. The summed E-state index contributed by atoms with van der Waals surface area (Å²) in [5.74, 6) is -1.46. The quantitative estimate of drug-likeness (QED) is 0.449. The van der Waals surface area contributed by atoms with Crippen LogP contribution in [0, 0.1) is 15.9 Å². The zero-order valence-electron chi connectivity index (χ0n) is 7.66. The lowest BCUT2D eigenvalue weighted by Crippen LogP contribution is -2.07. The second-order valence-electron chi connectivity index (χ2n) is 2.84. The van der Waals surface area contributed by atoms with Crippen LogP contribution in [0.25, 0.3) is 6.08 Å². The summed E-state index contributed by atoms with van der Waals surface area (Å²) < 4.78 is 49.3. The minimum absolute atomic E-state index is 0.0119. The van der Waals surface area contributed by atoms with E-state index >= 15 is 0 Å². The van der Waals surface area contributed by atoms with Gasteiger partial charge in [-0.05, 0) is 17.7 Å². The lowest BCUT2D eigenvalue weighted by atomic mass is 10.1. The number of benzene rings is 1. The minimum atomic E-state index is -4.77. The molecule has 0 fully saturated rings. The number of halogens is 4. The molecule has 0 heterocycles. The van der Waals surface area contributed by atoms with Crippen molar-refractivity contribution in [1.82, 2.24) is 0 Å². The molecule has 0 radical (unpaired) electrons. The molecule has 86 valence electrons. The first-order valence-electron chi connectivity index (χ1n) is 3.99. The van der Waals surface area contributed by atoms with Crippen molar-refractivity contribution in [3.8, 4) is 0 Å². The molecule has 0 aliphatic carbocycles. The maximum Gasteiger partial charge on any atom is 0.419 e. The smallest absolute Gasteiger partial charge is 0.259 e. The summed E-state index contributed by atoms with van der Waals surface area (Å²) in [5, 5.41) is 9.93. The van der Waals surface area contributed by atoms with Crippen LogP contribution in [0.5, 0.6) is 0 Å². The molecule has 0 N–H and O–H groups in total. The second kappa shape index (κ2) is 4.30. The van der Waals surface area contributed by atoms with Crippen molar-refractivity contribution in [3.05, 3.63) is 51.5 Å². The van der Waals surface area contributed by atoms with Gasteiger partial charge in [-0.3, -0.25) is 10.1 Å². The summed E-state index contributed by atoms with van der Waals surface area (Å²) in [6.07, 6.45) is -3.35. The molecule has 0 saturated carbocycles. The topological polar surface area (TPSA) is 43.1 Å². The van der Waals surface area contributed by atoms with Crippen molar-refractivity contribution >= 4 is 6.08 Å². The van der Waals surface area contributed by atoms with Crippen LogP contribution in [-0.4, -0.2) is 4.92 Å². The van der Waals surface area contributed by atoms with Gasteiger partial charge in [0.15, 0.2) is 0 Å². The molecule has 1 rings (SSSR count). The predicted octanol–water partition coefficient (Wildman–Crippen LogP) is 3.09. The van der Waals surface area contributed by atoms with E-state index in [9.17, 15) is 27.7 Å². The average molecular weight is 235 g/mol. The van der Waals surface area contributed by atoms with Crippen molar-refractivity contribution in [2.24, 2.45) is 0 Å². The van der Waals surface area contributed by atoms with Crippen LogP contribution in [0.2, 0.25) is 0 Å². The van der Waals surface area contributed by atoms with Crippen LogP contribution >= 0.6 is 0 Å². The summed E-state index contributed by atoms with van der Waals surface area (Å²) in [4.78, 5) is 9.13. The van der Waals surface area contributed by atoms with E-state index in [0.29, 0.717) is 18.3 Å². The SMILES string of the molecule is O=[N+]([O-])/C=C/c1ccc(C(F)(F)F)c(F)c1. The molecule has 0 saturated heterocycles. The standard InChI is InChI=1S/C9H5F4NO2/c10-8-5-6(3-4-14(15)16)1-2-7(8)9(11,12)13/h1-5H/b4-3+. The van der Waals surface area contributed by atoms with Crippen molar-refractivity contribution in [2.45, 2.75) is 6.18 Å². The van der Waals surface area contributed by atoms with Crippen LogP contribution < -0.4 is 0 Å². The molecular formula is C9H5F4NO2. The van der Waals surface area contributed by atoms with Crippen LogP contribution in [0.4, 0.5) is 17.6 Å². The Bertz CT molecular complexity index is 440. The fourth-order valence-electron chi connectivity index (χ4n) is 1.01. The average Bonchev–Trinajstić information content (AvgIpc) is 2.12. The fraction of sp³-hybridized carbons (Fsp3) is 0.111. The van der Waals surface area contributed by atoms with Gasteiger partial charge in [0.2, 0.25) is 6.20 Å². The summed E-state index contributed by atoms with van der Waals surface area (Å²) in [7, 11) is 0. The van der Waals surface area contributed by atoms with E-state index in [-0.39, 0.29) is 5.56 Å². The minimum Gasteiger partial charge on any atom is -0.259 e. The van der Waals surface area contributed by atoms with Crippen molar-refractivity contribution in [2.75, 3.05) is 0 Å². The third-order valence-corrected chi connectivity index (χ3v) is 1.69. The first kappa shape index (κ1) is 12.2. The molecule has 1 aromatic carbocycles. The van der Waals surface area contributed by atoms with Gasteiger partial charge in [0, 0.05) is 6.08 Å². The van der Waals surface area contributed by atoms with Crippen LogP contribution in [0.15, 0.2) is 24.4 Å². The first-order valence-corrected chi connectivity index (χ1v) is 3.99. The van der Waals surface area contributed by atoms with E-state index in [1.165, 1.54) is 0 Å². The molecule has 0 aromatic heterocycles. The largest absolute Gasteiger partial charge is 0.419 e. The van der Waals surface area contributed by atoms with E-state index < -0.39 is 22.5 Å². The van der Waals surface area contributed by atoms with Gasteiger partial charge in [-0.2, -0.15) is 13.2 Å². The first-order chi connectivity index (χ1) is 7.30. The predicted molar refractivity (Wildman–Crippen MR) is 47.4 cm³/mol. The molecule has 0 aliphatic heterocycles. The van der Waals surface area contributed by atoms with E-state index in [1.807, 2.05) is 0 Å². The Balaban J connectivity index is 3.05. The van der Waals surface area contributed by atoms with Crippen molar-refractivity contribution < 1.29 is 22.5 Å². The third-order valence-electron chi connectivity index (χ3n) is 1.69. The summed E-state index contributed by atoms with van der Waals surface area (Å²) >= 11 is 0. The van der Waals surface area contributed by atoms with Gasteiger partial charge < -0.3 is 0 Å². The maximum absolute atomic E-state index is 12.9. The van der Waals surface area contributed by atoms with Gasteiger partial charge in [-0.1, -0.05) is 6.07 Å². The highest BCUT2D eigenvalue weighted by Gasteiger charge is 2.33. The molecule has 0 atom stereocenters. The van der Waals surface area contributed by atoms with Crippen molar-refractivity contribution in [3.63, 3.8) is 0 Å². The molecule has 0 spiro atoms. The molecule has 3 nitrogen and oxygen atoms in total. The molecular weight excluding hydrogens is 230 g/mol. The maximum atomic E-state index is 12.9. The lowest BCUT2D eigenvalue weighted by molar-refractivity contribution is -0.400. The van der Waals surface area contributed by atoms with Gasteiger partial charge in [-0.25, -0.2) is 4.39 Å². The van der Waals surface area contributed by atoms with Gasteiger partial charge in [0.1, 0.15) is 5.82 Å². The number of rotatable bonds is 2. The Morgan fingerprint density at radius 1 is 1.31 bits per heavy atom. The van der Waals surface area contributed by atoms with E-state index in [1.54, 1.807) is 0 Å². The monoisotopic (exact) mass is 235 g/mol. The molecule has 16 heavy (non-hydrogen) atoms. The number of nitrogens with zero attached hydrogens (tertiary/aromatic N) is 1. The zero-order valence-corrected chi connectivity index (χ0v) is 7.66. The summed E-state index contributed by atoms with van der Waals surface area (Å²) in [6.45, 7) is 0. The van der Waals surface area contributed by atoms with E-state index in [0.717, 1.165) is 12.1 Å². The van der Waals surface area contributed by atoms with Gasteiger partial charge >= 0.3 is 6.18 Å². The zero-order chi connectivity index (χ0) is 12.3. The Kier molecular flexibility index (Phi) is 3.26. The second-order valence-corrected chi connectivity index (χ2v) is 2.84. The number of hydrogen-bond donors (Lipinski definition) is 0. The Morgan fingerprint density at radius 2 is 1.94 bits per heavy atom. The summed E-state index contributed by atoms with van der Waals surface area (Å²) in [6, 6.07) is 2.07. The highest BCUT2D eigenvalue weighted by Crippen LogP contribution is 2.31. The number of hydrogen-bond acceptors (Lipinski definition) is 2. The normalized spacial score (nSPS) is 12.0. The van der Waals surface area contributed by atoms with Crippen LogP contribution in [-0.2, 0) is 6.18 Å². The number of alkyl halides is 3. The fourth-order valence-corrected chi connectivity index (χ4v) is 1.01. The Hall–Kier alpha value is -1.92. The Labute approximate surface area is 87.2 Å². The molecule has 0 aliphatic rings. The van der Waals surface area contributed by atoms with Crippen LogP contribution in [0.1, 0.15) is 11.1 Å². The highest BCUT2D eigenvalue weighted by atomic mass is 19.4. The molecule has 7 heteroatoms. The van der Waals surface area contributed by atoms with Gasteiger partial charge in [-0.15, -0.1) is 0 Å². The highest BCUT2D eigenvalue weighted by molar-refractivity contribution is 5.49. The summed E-state index contributed by atoms with van der Waals surface area (Å²) in [5.41, 5.74) is -1.41. The van der Waals surface area contributed by atoms with Crippen LogP contribution in [0.3, 0.4) is 0 Å². The van der Waals surface area contributed by atoms with Gasteiger partial charge in [0.05, 0.1) is 10.5 Å². The lowest BCUT2D eigenvalue weighted by Gasteiger charge is -2.07. The number of nitro groups is 1. The molecule has 0 unspecified atom stereocenters. The van der Waals surface area contributed by atoms with E-state index in [2.05, 4.69) is 0 Å². The van der Waals surface area contributed by atoms with Gasteiger partial charge in [0.25, 0.3) is 0 Å². The third kappa shape index (κ3) is 3.04. The van der Waals surface area contributed by atoms with E-state index in [4.69, 9.17) is 0 Å². The van der Waals surface area contributed by atoms with Crippen molar-refractivity contribution in [1.29, 1.82) is 0 Å².